The van der Waals surface area contributed by atoms with Gasteiger partial charge in [0.2, 0.25) is 0 Å². The van der Waals surface area contributed by atoms with Gasteiger partial charge < -0.3 is 0 Å². The molecule has 0 aromatic carbocycles. The Kier molecular flexibility index (Phi) is 11.1. The van der Waals surface area contributed by atoms with Crippen molar-refractivity contribution < 1.29 is 0 Å². The summed E-state index contributed by atoms with van der Waals surface area (Å²) in [6.45, 7) is 13.7. The van der Waals surface area contributed by atoms with Crippen LogP contribution in [0.25, 0.3) is 0 Å². The van der Waals surface area contributed by atoms with E-state index in [0.29, 0.717) is 0 Å². The van der Waals surface area contributed by atoms with Crippen molar-refractivity contribution in [1.82, 2.24) is 0 Å². The van der Waals surface area contributed by atoms with Gasteiger partial charge in [0.05, 0.1) is 0 Å². The minimum Gasteiger partial charge on any atom is -0.212 e. The molecule has 0 aliphatic rings. The first-order valence-corrected chi connectivity index (χ1v) is 19.7. The van der Waals surface area contributed by atoms with Crippen LogP contribution in [0.3, 0.4) is 0 Å². The summed E-state index contributed by atoms with van der Waals surface area (Å²) >= 11 is -1.19. The van der Waals surface area contributed by atoms with Crippen molar-refractivity contribution in [3.05, 3.63) is 0 Å². The quantitative estimate of drug-likeness (QED) is 0.462. The fourth-order valence-electron chi connectivity index (χ4n) is 0.722. The van der Waals surface area contributed by atoms with Crippen LogP contribution in [0, 0.1) is 20.7 Å². The highest BCUT2D eigenvalue weighted by atomic mass is 28.3. The SMILES string of the molecule is [CH3][Al]([CH3])[C]#C[Si](C)(C)C.[CH3][Al]([CH3])[C]#C[Si](C)(C)C. The molecule has 0 saturated heterocycles. The van der Waals surface area contributed by atoms with Crippen LogP contribution >= 0.6 is 0 Å². The van der Waals surface area contributed by atoms with Crippen LogP contribution in [0.4, 0.5) is 0 Å². The first-order chi connectivity index (χ1) is 7.83. The van der Waals surface area contributed by atoms with Crippen LogP contribution in [-0.2, 0) is 0 Å². The Bertz CT molecular complexity index is 302. The summed E-state index contributed by atoms with van der Waals surface area (Å²) in [5.74, 6) is 9.08. The molecule has 0 amide bonds. The molecule has 0 bridgehead atoms. The normalized spacial score (nSPS) is 9.89. The van der Waals surface area contributed by atoms with Gasteiger partial charge in [-0.1, -0.05) is 62.4 Å². The second-order valence-electron chi connectivity index (χ2n) is 7.35. The third kappa shape index (κ3) is 25.5. The maximum Gasteiger partial charge on any atom is 0.368 e. The van der Waals surface area contributed by atoms with E-state index in [1.54, 1.807) is 0 Å². The molecule has 0 N–H and O–H groups in total. The number of rotatable bonds is 0. The molecule has 0 rings (SSSR count). The van der Waals surface area contributed by atoms with Crippen molar-refractivity contribution >= 4 is 44.4 Å². The number of hydrogen-bond donors (Lipinski definition) is 0. The van der Waals surface area contributed by atoms with E-state index < -0.39 is 44.4 Å². The first-order valence-electron chi connectivity index (χ1n) is 6.89. The Morgan fingerprint density at radius 2 is 0.778 bits per heavy atom. The van der Waals surface area contributed by atoms with Gasteiger partial charge in [-0.3, -0.25) is 0 Å². The van der Waals surface area contributed by atoms with Crippen molar-refractivity contribution in [1.29, 1.82) is 0 Å². The molecule has 4 heteroatoms. The second kappa shape index (κ2) is 9.51. The Labute approximate surface area is 127 Å². The van der Waals surface area contributed by atoms with Crippen LogP contribution in [0.2, 0.25) is 62.4 Å². The molecule has 0 spiro atoms. The molecule has 0 aliphatic heterocycles. The van der Waals surface area contributed by atoms with Crippen molar-refractivity contribution in [3.8, 4) is 20.7 Å². The van der Waals surface area contributed by atoms with Crippen LogP contribution in [-0.4, -0.2) is 44.4 Å². The zero-order chi connectivity index (χ0) is 15.0. The average Bonchev–Trinajstić information content (AvgIpc) is 2.10. The zero-order valence-corrected chi connectivity index (χ0v) is 18.5. The highest BCUT2D eigenvalue weighted by Gasteiger charge is 2.08. The second-order valence-corrected chi connectivity index (χ2v) is 22.0. The largest absolute Gasteiger partial charge is 0.368 e. The Balaban J connectivity index is 0. The van der Waals surface area contributed by atoms with E-state index in [0.717, 1.165) is 0 Å². The monoisotopic (exact) mass is 308 g/mol. The van der Waals surface area contributed by atoms with Gasteiger partial charge >= 0.3 is 28.3 Å². The molecular weight excluding hydrogens is 278 g/mol. The molecule has 0 nitrogen and oxygen atoms in total. The summed E-state index contributed by atoms with van der Waals surface area (Å²) in [6.07, 6.45) is 0. The van der Waals surface area contributed by atoms with Crippen LogP contribution in [0.5, 0.6) is 0 Å². The fraction of sp³-hybridized carbons (Fsp3) is 0.714. The molecule has 18 heavy (non-hydrogen) atoms. The molecule has 100 valence electrons. The maximum atomic E-state index is 3.37. The summed E-state index contributed by atoms with van der Waals surface area (Å²) in [4.78, 5) is 6.67. The van der Waals surface area contributed by atoms with E-state index in [4.69, 9.17) is 0 Å². The zero-order valence-electron chi connectivity index (χ0n) is 14.2. The summed E-state index contributed by atoms with van der Waals surface area (Å²) in [6, 6.07) is 0. The number of hydrogen-bond acceptors (Lipinski definition) is 0. The molecule has 0 atom stereocenters. The molecule has 0 aromatic heterocycles. The van der Waals surface area contributed by atoms with E-state index in [2.05, 4.69) is 83.1 Å². The summed E-state index contributed by atoms with van der Waals surface area (Å²) < 4.78 is 0. The standard InChI is InChI=1S/2C5H9Si.4CH3.2Al/c2*1-5-6(2,3)4;;;;;;/h2*2-4H3;4*1H3;;. The van der Waals surface area contributed by atoms with Crippen LogP contribution in [0.1, 0.15) is 0 Å². The predicted octanol–water partition coefficient (Wildman–Crippen LogP) is 4.32. The van der Waals surface area contributed by atoms with Crippen molar-refractivity contribution in [2.45, 2.75) is 62.4 Å². The van der Waals surface area contributed by atoms with E-state index in [-0.39, 0.29) is 0 Å². The smallest absolute Gasteiger partial charge is 0.212 e. The molecule has 0 fully saturated rings. The lowest BCUT2D eigenvalue weighted by atomic mass is 11.4. The molecule has 0 heterocycles. The first kappa shape index (κ1) is 20.9. The van der Waals surface area contributed by atoms with Gasteiger partial charge in [0.1, 0.15) is 16.1 Å². The maximum absolute atomic E-state index is 3.37. The Hall–Kier alpha value is 0.619. The lowest BCUT2D eigenvalue weighted by Gasteiger charge is -2.03. The summed E-state index contributed by atoms with van der Waals surface area (Å²) in [5, 5.41) is 0. The van der Waals surface area contributed by atoms with E-state index in [9.17, 15) is 0 Å². The van der Waals surface area contributed by atoms with Crippen LogP contribution < -0.4 is 0 Å². The molecule has 0 saturated carbocycles. The highest BCUT2D eigenvalue weighted by Crippen LogP contribution is 1.96. The van der Waals surface area contributed by atoms with Gasteiger partial charge in [0, 0.05) is 0 Å². The lowest BCUT2D eigenvalue weighted by molar-refractivity contribution is 1.81. The molecular formula is C14H30Al2Si2. The van der Waals surface area contributed by atoms with E-state index >= 15 is 0 Å². The fourth-order valence-corrected chi connectivity index (χ4v) is 6.50. The third-order valence-corrected chi connectivity index (χ3v) is 5.28. The lowest BCUT2D eigenvalue weighted by Crippen LogP contribution is -2.17. The highest BCUT2D eigenvalue weighted by molar-refractivity contribution is 6.85. The van der Waals surface area contributed by atoms with Gasteiger partial charge in [-0.2, -0.15) is 11.1 Å². The minimum atomic E-state index is -1.05. The van der Waals surface area contributed by atoms with E-state index in [1.165, 1.54) is 0 Å². The van der Waals surface area contributed by atoms with Gasteiger partial charge in [-0.25, -0.2) is 9.56 Å². The predicted molar refractivity (Wildman–Crippen MR) is 97.2 cm³/mol. The average molecular weight is 309 g/mol. The van der Waals surface area contributed by atoms with Gasteiger partial charge in [0.25, 0.3) is 0 Å². The molecule has 0 unspecified atom stereocenters. The van der Waals surface area contributed by atoms with Crippen LogP contribution in [0.15, 0.2) is 0 Å². The Morgan fingerprint density at radius 3 is 0.833 bits per heavy atom. The summed E-state index contributed by atoms with van der Waals surface area (Å²) in [5.41, 5.74) is 6.74. The third-order valence-electron chi connectivity index (χ3n) is 1.47. The summed E-state index contributed by atoms with van der Waals surface area (Å²) in [7, 11) is -2.09. The Morgan fingerprint density at radius 1 is 0.556 bits per heavy atom. The minimum absolute atomic E-state index is 0.597. The molecule has 0 aliphatic carbocycles. The van der Waals surface area contributed by atoms with Crippen molar-refractivity contribution in [2.75, 3.05) is 0 Å². The van der Waals surface area contributed by atoms with Crippen molar-refractivity contribution in [3.63, 3.8) is 0 Å². The van der Waals surface area contributed by atoms with Crippen molar-refractivity contribution in [2.24, 2.45) is 0 Å². The van der Waals surface area contributed by atoms with Gasteiger partial charge in [-0.15, -0.1) is 0 Å². The molecule has 0 aromatic rings. The molecule has 0 radical (unpaired) electrons. The van der Waals surface area contributed by atoms with Gasteiger partial charge in [-0.05, 0) is 0 Å². The van der Waals surface area contributed by atoms with E-state index in [1.807, 2.05) is 0 Å². The van der Waals surface area contributed by atoms with Gasteiger partial charge in [0.15, 0.2) is 0 Å². The topological polar surface area (TPSA) is 0 Å².